The molecule has 0 atom stereocenters. The molecule has 0 saturated carbocycles. The van der Waals surface area contributed by atoms with Crippen LogP contribution in [0.15, 0.2) is 85.7 Å². The standard InChI is InChI=1S/C21H17ClN2O4S/c1-14-8-10-16(11-9-14)29(25,26)21-20(23-13-15-5-2-3-6-17(15)22)28-19(24-21)18-7-4-12-27-18/h2-12,23H,13H2,1H3. The molecule has 0 aliphatic rings. The first-order valence-electron chi connectivity index (χ1n) is 8.79. The summed E-state index contributed by atoms with van der Waals surface area (Å²) >= 11 is 6.20. The molecule has 8 heteroatoms. The van der Waals surface area contributed by atoms with Crippen LogP contribution in [0.25, 0.3) is 11.7 Å². The second-order valence-electron chi connectivity index (χ2n) is 6.39. The van der Waals surface area contributed by atoms with E-state index in [9.17, 15) is 8.42 Å². The van der Waals surface area contributed by atoms with Gasteiger partial charge in [0.15, 0.2) is 5.76 Å². The molecule has 6 nitrogen and oxygen atoms in total. The maximum absolute atomic E-state index is 13.2. The van der Waals surface area contributed by atoms with E-state index in [2.05, 4.69) is 10.3 Å². The van der Waals surface area contributed by atoms with Crippen LogP contribution in [0.3, 0.4) is 0 Å². The second-order valence-corrected chi connectivity index (χ2v) is 8.66. The van der Waals surface area contributed by atoms with Gasteiger partial charge in [0.25, 0.3) is 5.89 Å². The van der Waals surface area contributed by atoms with Gasteiger partial charge in [-0.05, 0) is 42.8 Å². The third kappa shape index (κ3) is 3.92. The average Bonchev–Trinajstić information content (AvgIpc) is 3.38. The van der Waals surface area contributed by atoms with E-state index in [1.54, 1.807) is 42.5 Å². The van der Waals surface area contributed by atoms with Crippen molar-refractivity contribution in [2.45, 2.75) is 23.4 Å². The minimum Gasteiger partial charge on any atom is -0.459 e. The first-order chi connectivity index (χ1) is 13.9. The van der Waals surface area contributed by atoms with Gasteiger partial charge in [-0.2, -0.15) is 4.98 Å². The van der Waals surface area contributed by atoms with Crippen LogP contribution < -0.4 is 5.32 Å². The Bertz CT molecular complexity index is 1230. The summed E-state index contributed by atoms with van der Waals surface area (Å²) in [7, 11) is -3.91. The van der Waals surface area contributed by atoms with Crippen molar-refractivity contribution < 1.29 is 17.3 Å². The molecule has 0 aliphatic heterocycles. The summed E-state index contributed by atoms with van der Waals surface area (Å²) in [5, 5.41) is 3.36. The Kier molecular flexibility index (Phi) is 5.17. The van der Waals surface area contributed by atoms with Gasteiger partial charge in [0.1, 0.15) is 0 Å². The summed E-state index contributed by atoms with van der Waals surface area (Å²) < 4.78 is 37.4. The average molecular weight is 429 g/mol. The minimum absolute atomic E-state index is 0.0249. The number of hydrogen-bond donors (Lipinski definition) is 1. The number of rotatable bonds is 6. The number of nitrogens with one attached hydrogen (secondary N) is 1. The number of halogens is 1. The molecule has 2 aromatic carbocycles. The number of anilines is 1. The summed E-state index contributed by atoms with van der Waals surface area (Å²) in [5.74, 6) is 0.426. The van der Waals surface area contributed by atoms with Gasteiger partial charge < -0.3 is 14.2 Å². The molecule has 148 valence electrons. The van der Waals surface area contributed by atoms with E-state index in [0.717, 1.165) is 11.1 Å². The monoisotopic (exact) mass is 428 g/mol. The SMILES string of the molecule is Cc1ccc(S(=O)(=O)c2nc(-c3ccco3)oc2NCc2ccccc2Cl)cc1. The fourth-order valence-electron chi connectivity index (χ4n) is 2.75. The van der Waals surface area contributed by atoms with E-state index in [1.165, 1.54) is 6.26 Å². The van der Waals surface area contributed by atoms with Crippen LogP contribution in [0.1, 0.15) is 11.1 Å². The van der Waals surface area contributed by atoms with Crippen molar-refractivity contribution in [2.75, 3.05) is 5.32 Å². The molecule has 29 heavy (non-hydrogen) atoms. The van der Waals surface area contributed by atoms with E-state index in [1.807, 2.05) is 25.1 Å². The van der Waals surface area contributed by atoms with Crippen LogP contribution in [-0.4, -0.2) is 13.4 Å². The Morgan fingerprint density at radius 1 is 1.03 bits per heavy atom. The number of furan rings is 1. The highest BCUT2D eigenvalue weighted by Gasteiger charge is 2.29. The minimum atomic E-state index is -3.91. The van der Waals surface area contributed by atoms with Gasteiger partial charge in [-0.1, -0.05) is 47.5 Å². The summed E-state index contributed by atoms with van der Waals surface area (Å²) in [6, 6.07) is 17.1. The van der Waals surface area contributed by atoms with Gasteiger partial charge >= 0.3 is 0 Å². The molecule has 0 radical (unpaired) electrons. The maximum atomic E-state index is 13.2. The van der Waals surface area contributed by atoms with E-state index in [0.29, 0.717) is 10.8 Å². The zero-order chi connectivity index (χ0) is 20.4. The molecule has 0 fully saturated rings. The Balaban J connectivity index is 1.75. The normalized spacial score (nSPS) is 11.5. The molecule has 4 rings (SSSR count). The summed E-state index contributed by atoms with van der Waals surface area (Å²) in [5.41, 5.74) is 1.75. The lowest BCUT2D eigenvalue weighted by Crippen LogP contribution is -2.07. The Morgan fingerprint density at radius 3 is 2.48 bits per heavy atom. The maximum Gasteiger partial charge on any atom is 0.266 e. The van der Waals surface area contributed by atoms with Crippen molar-refractivity contribution in [3.05, 3.63) is 83.1 Å². The van der Waals surface area contributed by atoms with Crippen molar-refractivity contribution >= 4 is 27.3 Å². The van der Waals surface area contributed by atoms with Gasteiger partial charge in [0, 0.05) is 11.6 Å². The van der Waals surface area contributed by atoms with Crippen LogP contribution >= 0.6 is 11.6 Å². The fraction of sp³-hybridized carbons (Fsp3) is 0.0952. The highest BCUT2D eigenvalue weighted by atomic mass is 35.5. The van der Waals surface area contributed by atoms with Crippen molar-refractivity contribution in [3.8, 4) is 11.7 Å². The molecule has 0 saturated heterocycles. The Morgan fingerprint density at radius 2 is 1.79 bits per heavy atom. The van der Waals surface area contributed by atoms with E-state index in [4.69, 9.17) is 20.4 Å². The lowest BCUT2D eigenvalue weighted by molar-refractivity contribution is 0.522. The summed E-state index contributed by atoms with van der Waals surface area (Å²) in [4.78, 5) is 4.34. The van der Waals surface area contributed by atoms with Gasteiger partial charge in [0.2, 0.25) is 20.7 Å². The Hall–Kier alpha value is -3.03. The fourth-order valence-corrected chi connectivity index (χ4v) is 4.23. The molecule has 1 N–H and O–H groups in total. The molecular formula is C21H17ClN2O4S. The molecule has 0 aliphatic carbocycles. The summed E-state index contributed by atoms with van der Waals surface area (Å²) in [6.45, 7) is 2.15. The molecule has 0 bridgehead atoms. The van der Waals surface area contributed by atoms with Crippen LogP contribution in [-0.2, 0) is 16.4 Å². The third-order valence-electron chi connectivity index (χ3n) is 4.31. The zero-order valence-electron chi connectivity index (χ0n) is 15.4. The highest BCUT2D eigenvalue weighted by Crippen LogP contribution is 2.33. The predicted octanol–water partition coefficient (Wildman–Crippen LogP) is 5.34. The molecule has 2 aromatic heterocycles. The van der Waals surface area contributed by atoms with Crippen molar-refractivity contribution in [1.29, 1.82) is 0 Å². The zero-order valence-corrected chi connectivity index (χ0v) is 17.0. The van der Waals surface area contributed by atoms with Crippen molar-refractivity contribution in [2.24, 2.45) is 0 Å². The number of hydrogen-bond acceptors (Lipinski definition) is 6. The van der Waals surface area contributed by atoms with E-state index in [-0.39, 0.29) is 28.2 Å². The van der Waals surface area contributed by atoms with Gasteiger partial charge in [-0.15, -0.1) is 0 Å². The lowest BCUT2D eigenvalue weighted by Gasteiger charge is -2.07. The molecule has 2 heterocycles. The van der Waals surface area contributed by atoms with E-state index < -0.39 is 9.84 Å². The van der Waals surface area contributed by atoms with Crippen molar-refractivity contribution in [3.63, 3.8) is 0 Å². The first-order valence-corrected chi connectivity index (χ1v) is 10.6. The molecule has 0 spiro atoms. The number of nitrogens with zero attached hydrogens (tertiary/aromatic N) is 1. The summed E-state index contributed by atoms with van der Waals surface area (Å²) in [6.07, 6.45) is 1.46. The van der Waals surface area contributed by atoms with Gasteiger partial charge in [0.05, 0.1) is 11.2 Å². The third-order valence-corrected chi connectivity index (χ3v) is 6.36. The molecule has 0 amide bonds. The van der Waals surface area contributed by atoms with Crippen LogP contribution in [0.4, 0.5) is 5.88 Å². The van der Waals surface area contributed by atoms with Crippen LogP contribution in [0.5, 0.6) is 0 Å². The number of aromatic nitrogens is 1. The number of benzene rings is 2. The smallest absolute Gasteiger partial charge is 0.266 e. The van der Waals surface area contributed by atoms with Crippen LogP contribution in [0.2, 0.25) is 5.02 Å². The topological polar surface area (TPSA) is 85.3 Å². The lowest BCUT2D eigenvalue weighted by atomic mass is 10.2. The van der Waals surface area contributed by atoms with Gasteiger partial charge in [-0.3, -0.25) is 0 Å². The van der Waals surface area contributed by atoms with Gasteiger partial charge in [-0.25, -0.2) is 8.42 Å². The molecule has 4 aromatic rings. The highest BCUT2D eigenvalue weighted by molar-refractivity contribution is 7.91. The molecular weight excluding hydrogens is 412 g/mol. The number of sulfone groups is 1. The quantitative estimate of drug-likeness (QED) is 0.446. The first kappa shape index (κ1) is 19.3. The number of oxazole rings is 1. The largest absolute Gasteiger partial charge is 0.459 e. The van der Waals surface area contributed by atoms with Crippen LogP contribution in [0, 0.1) is 6.92 Å². The number of aryl methyl sites for hydroxylation is 1. The second kappa shape index (κ2) is 7.77. The van der Waals surface area contributed by atoms with E-state index >= 15 is 0 Å². The Labute approximate surface area is 173 Å². The van der Waals surface area contributed by atoms with Crippen molar-refractivity contribution in [1.82, 2.24) is 4.98 Å². The predicted molar refractivity (Wildman–Crippen MR) is 110 cm³/mol. The molecule has 0 unspecified atom stereocenters.